The molecule has 2 nitrogen and oxygen atoms in total. The van der Waals surface area contributed by atoms with Crippen molar-refractivity contribution in [1.29, 1.82) is 0 Å². The topological polar surface area (TPSA) is 6.25 Å². The summed E-state index contributed by atoms with van der Waals surface area (Å²) < 4.78 is 2.03. The summed E-state index contributed by atoms with van der Waals surface area (Å²) in [6, 6.07) is 23.2. The molecule has 2 aromatic rings. The van der Waals surface area contributed by atoms with Gasteiger partial charge in [0.05, 0.1) is 17.0 Å². The van der Waals surface area contributed by atoms with Crippen LogP contribution in [0.5, 0.6) is 0 Å². The van der Waals surface area contributed by atoms with Crippen molar-refractivity contribution < 1.29 is 4.58 Å². The van der Waals surface area contributed by atoms with E-state index in [4.69, 9.17) is 0 Å². The molecule has 0 unspecified atom stereocenters. The zero-order valence-corrected chi connectivity index (χ0v) is 25.6. The molecular formula is C41H33N2+. The molecule has 2 heteroatoms. The molecule has 2 heterocycles. The zero-order chi connectivity index (χ0) is 30.7. The first-order chi connectivity index (χ1) is 20.8. The first kappa shape index (κ1) is 30.2. The highest BCUT2D eigenvalue weighted by atomic mass is 15.2. The highest BCUT2D eigenvalue weighted by Crippen LogP contribution is 2.47. The van der Waals surface area contributed by atoms with Crippen LogP contribution in [0.2, 0.25) is 0 Å². The molecule has 2 aromatic carbocycles. The van der Waals surface area contributed by atoms with Crippen LogP contribution in [0, 0.1) is 71.3 Å². The van der Waals surface area contributed by atoms with Gasteiger partial charge < -0.3 is 0 Å². The quantitative estimate of drug-likeness (QED) is 0.217. The first-order valence-corrected chi connectivity index (χ1v) is 14.1. The third-order valence-corrected chi connectivity index (χ3v) is 7.31. The van der Waals surface area contributed by atoms with Gasteiger partial charge in [0, 0.05) is 52.6 Å². The van der Waals surface area contributed by atoms with Gasteiger partial charge in [0.25, 0.3) is 0 Å². The van der Waals surface area contributed by atoms with Crippen LogP contribution >= 0.6 is 0 Å². The van der Waals surface area contributed by atoms with Crippen LogP contribution in [-0.2, 0) is 10.8 Å². The van der Waals surface area contributed by atoms with Crippen molar-refractivity contribution in [1.82, 2.24) is 0 Å². The number of fused-ring (bicyclic) bond motifs is 2. The van der Waals surface area contributed by atoms with Gasteiger partial charge in [0.1, 0.15) is 0 Å². The molecule has 0 atom stereocenters. The van der Waals surface area contributed by atoms with Gasteiger partial charge in [-0.1, -0.05) is 92.5 Å². The van der Waals surface area contributed by atoms with Gasteiger partial charge in [-0.15, -0.1) is 4.58 Å². The number of hydrogen-bond acceptors (Lipinski definition) is 1. The number of rotatable bonds is 4. The molecule has 0 saturated carbocycles. The van der Waals surface area contributed by atoms with Gasteiger partial charge in [0.15, 0.2) is 0 Å². The lowest BCUT2D eigenvalue weighted by molar-refractivity contribution is -0.332. The Hall–Kier alpha value is -5.77. The Morgan fingerprint density at radius 2 is 1.23 bits per heavy atom. The molecule has 0 spiro atoms. The number of benzene rings is 2. The second-order valence-electron chi connectivity index (χ2n) is 10.7. The fourth-order valence-electron chi connectivity index (χ4n) is 5.20. The summed E-state index contributed by atoms with van der Waals surface area (Å²) in [5.74, 6) is 28.1. The molecule has 0 bridgehead atoms. The second-order valence-corrected chi connectivity index (χ2v) is 10.7. The largest absolute Gasteiger partial charge is 0.272 e. The van der Waals surface area contributed by atoms with E-state index in [1.54, 1.807) is 13.8 Å². The zero-order valence-electron chi connectivity index (χ0n) is 25.6. The normalized spacial score (nSPS) is 16.0. The highest BCUT2D eigenvalue weighted by Gasteiger charge is 2.44. The predicted octanol–water partition coefficient (Wildman–Crippen LogP) is 7.39. The number of anilines is 1. The Morgan fingerprint density at radius 1 is 0.628 bits per heavy atom. The van der Waals surface area contributed by atoms with Crippen LogP contribution in [0.3, 0.4) is 0 Å². The van der Waals surface area contributed by atoms with Crippen molar-refractivity contribution in [3.8, 4) is 71.3 Å². The number of nitrogens with zero attached hydrogens (tertiary/aromatic N) is 2. The Labute approximate surface area is 257 Å². The monoisotopic (exact) mass is 553 g/mol. The molecule has 206 valence electrons. The minimum Gasteiger partial charge on any atom is -0.272 e. The van der Waals surface area contributed by atoms with Crippen molar-refractivity contribution in [2.75, 3.05) is 4.90 Å². The molecule has 4 rings (SSSR count). The highest BCUT2D eigenvalue weighted by molar-refractivity contribution is 6.03. The third-order valence-electron chi connectivity index (χ3n) is 7.31. The first-order valence-electron chi connectivity index (χ1n) is 14.1. The van der Waals surface area contributed by atoms with Crippen molar-refractivity contribution in [2.45, 2.75) is 52.4 Å². The van der Waals surface area contributed by atoms with E-state index in [1.165, 1.54) is 11.1 Å². The molecule has 0 N–H and O–H groups in total. The van der Waals surface area contributed by atoms with Crippen molar-refractivity contribution in [3.05, 3.63) is 108 Å². The van der Waals surface area contributed by atoms with E-state index in [0.29, 0.717) is 0 Å². The molecule has 0 radical (unpaired) electrons. The van der Waals surface area contributed by atoms with E-state index in [0.717, 1.165) is 22.8 Å². The Kier molecular flexibility index (Phi) is 9.64. The van der Waals surface area contributed by atoms with Gasteiger partial charge in [-0.2, -0.15) is 0 Å². The van der Waals surface area contributed by atoms with Crippen LogP contribution in [0.1, 0.15) is 52.7 Å². The Morgan fingerprint density at radius 3 is 1.98 bits per heavy atom. The van der Waals surface area contributed by atoms with E-state index in [2.05, 4.69) is 148 Å². The maximum atomic E-state index is 3.22. The number of hydrogen-bond donors (Lipinski definition) is 0. The summed E-state index contributed by atoms with van der Waals surface area (Å²) in [7, 11) is 0. The summed E-state index contributed by atoms with van der Waals surface area (Å²) in [6.07, 6.45) is 14.4. The standard InChI is InChI=1S/C41H33N2/c1-7-9-11-16-24-32-42-36-28-22-20-26-34(36)40(3,4)38(42)30-18-14-13-15-19-31-39-41(5,6)35-27-21-23-29-37(35)43(39)33-25-17-12-10-8-2/h13-15,18-23,26-31H,1-6H3/q+1. The molecule has 2 aliphatic heterocycles. The third kappa shape index (κ3) is 6.59. The van der Waals surface area contributed by atoms with Crippen molar-refractivity contribution >= 4 is 17.1 Å². The van der Waals surface area contributed by atoms with Gasteiger partial charge in [-0.3, -0.25) is 4.90 Å². The lowest BCUT2D eigenvalue weighted by Gasteiger charge is -2.22. The number of para-hydroxylation sites is 2. The van der Waals surface area contributed by atoms with Crippen molar-refractivity contribution in [2.24, 2.45) is 0 Å². The molecule has 0 fully saturated rings. The maximum Gasteiger partial charge on any atom is 0.243 e. The summed E-state index contributed by atoms with van der Waals surface area (Å²) in [4.78, 5) is 2.03. The van der Waals surface area contributed by atoms with Gasteiger partial charge >= 0.3 is 0 Å². The second kappa shape index (κ2) is 13.7. The van der Waals surface area contributed by atoms with Gasteiger partial charge in [-0.25, -0.2) is 0 Å². The summed E-state index contributed by atoms with van der Waals surface area (Å²) in [5, 5.41) is 0. The lowest BCUT2D eigenvalue weighted by Crippen LogP contribution is -2.26. The maximum absolute atomic E-state index is 3.22. The average Bonchev–Trinajstić information content (AvgIpc) is 3.35. The lowest BCUT2D eigenvalue weighted by atomic mass is 9.81. The minimum atomic E-state index is -0.201. The van der Waals surface area contributed by atoms with E-state index >= 15 is 0 Å². The Bertz CT molecular complexity index is 1970. The van der Waals surface area contributed by atoms with Gasteiger partial charge in [0.2, 0.25) is 17.4 Å². The molecular weight excluding hydrogens is 520 g/mol. The molecule has 0 aliphatic carbocycles. The molecule has 43 heavy (non-hydrogen) atoms. The van der Waals surface area contributed by atoms with Crippen LogP contribution in [-0.4, -0.2) is 10.3 Å². The van der Waals surface area contributed by atoms with E-state index < -0.39 is 0 Å². The van der Waals surface area contributed by atoms with E-state index in [1.807, 2.05) is 52.0 Å². The van der Waals surface area contributed by atoms with Crippen LogP contribution < -0.4 is 4.90 Å². The fraction of sp³-hybridized carbons (Fsp3) is 0.195. The SMILES string of the molecule is CC#CC#CC#CN1/C(=C/C=C/C=C/C=C/C2=[N+](C#CC#CC#CC)c3ccccc3C2(C)C)C(C)(C)c2ccccc21. The summed E-state index contributed by atoms with van der Waals surface area (Å²) >= 11 is 0. The predicted molar refractivity (Wildman–Crippen MR) is 180 cm³/mol. The molecule has 0 saturated heterocycles. The average molecular weight is 554 g/mol. The van der Waals surface area contributed by atoms with Crippen LogP contribution in [0.15, 0.2) is 96.8 Å². The minimum absolute atomic E-state index is 0.201. The van der Waals surface area contributed by atoms with E-state index in [-0.39, 0.29) is 10.8 Å². The Balaban J connectivity index is 1.58. The van der Waals surface area contributed by atoms with Crippen molar-refractivity contribution in [3.63, 3.8) is 0 Å². The van der Waals surface area contributed by atoms with Crippen LogP contribution in [0.25, 0.3) is 0 Å². The smallest absolute Gasteiger partial charge is 0.243 e. The summed E-state index contributed by atoms with van der Waals surface area (Å²) in [6.45, 7) is 12.4. The number of allylic oxidation sites excluding steroid dienone is 8. The fourth-order valence-corrected chi connectivity index (χ4v) is 5.20. The molecule has 0 aromatic heterocycles. The van der Waals surface area contributed by atoms with Crippen LogP contribution in [0.4, 0.5) is 11.4 Å². The van der Waals surface area contributed by atoms with E-state index in [9.17, 15) is 0 Å². The van der Waals surface area contributed by atoms with Gasteiger partial charge in [-0.05, 0) is 69.1 Å². The molecule has 2 aliphatic rings. The summed E-state index contributed by atoms with van der Waals surface area (Å²) in [5.41, 5.74) is 6.41. The molecule has 0 amide bonds.